The van der Waals surface area contributed by atoms with Crippen LogP contribution >= 0.6 is 0 Å². The Morgan fingerprint density at radius 1 is 0.700 bits per heavy atom. The number of carbonyl (C=O) groups is 1. The molecule has 2 aromatic rings. The molecular weight excluding hydrogens is 382 g/mol. The van der Waals surface area contributed by atoms with E-state index >= 15 is 0 Å². The monoisotopic (exact) mass is 409 g/mol. The second-order valence-electron chi connectivity index (χ2n) is 7.07. The number of methoxy groups -OCH3 is 4. The average molecular weight is 409 g/mol. The van der Waals surface area contributed by atoms with E-state index in [0.29, 0.717) is 36.1 Å². The molecule has 1 saturated heterocycles. The summed E-state index contributed by atoms with van der Waals surface area (Å²) in [4.78, 5) is 15.3. The SMILES string of the molecule is COc1ccc(/C=C2/CN(C)C/C(=C/c3ccc(OC)c(OC)c3)C2=O)cc1OC. The van der Waals surface area contributed by atoms with Crippen LogP contribution in [0.5, 0.6) is 23.0 Å². The Morgan fingerprint density at radius 2 is 1.10 bits per heavy atom. The summed E-state index contributed by atoms with van der Waals surface area (Å²) in [6.45, 7) is 1.16. The van der Waals surface area contributed by atoms with Crippen molar-refractivity contribution in [2.75, 3.05) is 48.6 Å². The molecule has 6 heteroatoms. The van der Waals surface area contributed by atoms with Gasteiger partial charge in [0.1, 0.15) is 0 Å². The zero-order chi connectivity index (χ0) is 21.7. The smallest absolute Gasteiger partial charge is 0.187 e. The Bertz CT molecular complexity index is 916. The molecule has 0 aliphatic carbocycles. The number of ketones is 1. The van der Waals surface area contributed by atoms with E-state index in [1.165, 1.54) is 0 Å². The number of likely N-dealkylation sites (N-methyl/N-ethyl adjacent to an activating group) is 1. The molecule has 0 radical (unpaired) electrons. The van der Waals surface area contributed by atoms with E-state index in [4.69, 9.17) is 18.9 Å². The van der Waals surface area contributed by atoms with Crippen LogP contribution in [0.15, 0.2) is 47.5 Å². The number of benzene rings is 2. The molecule has 3 rings (SSSR count). The zero-order valence-electron chi connectivity index (χ0n) is 18.0. The third-order valence-corrected chi connectivity index (χ3v) is 4.96. The summed E-state index contributed by atoms with van der Waals surface area (Å²) >= 11 is 0. The van der Waals surface area contributed by atoms with Crippen LogP contribution < -0.4 is 18.9 Å². The number of carbonyl (C=O) groups excluding carboxylic acids is 1. The molecule has 1 aliphatic heterocycles. The lowest BCUT2D eigenvalue weighted by Crippen LogP contribution is -2.34. The summed E-state index contributed by atoms with van der Waals surface area (Å²) in [7, 11) is 8.38. The van der Waals surface area contributed by atoms with Crippen LogP contribution in [0.3, 0.4) is 0 Å². The molecule has 1 fully saturated rings. The summed E-state index contributed by atoms with van der Waals surface area (Å²) in [5.41, 5.74) is 3.22. The van der Waals surface area contributed by atoms with Crippen LogP contribution in [0.2, 0.25) is 0 Å². The molecule has 0 atom stereocenters. The minimum atomic E-state index is 0.0395. The van der Waals surface area contributed by atoms with E-state index in [1.54, 1.807) is 28.4 Å². The number of hydrogen-bond acceptors (Lipinski definition) is 6. The molecule has 0 spiro atoms. The number of hydrogen-bond donors (Lipinski definition) is 0. The number of rotatable bonds is 6. The van der Waals surface area contributed by atoms with Crippen LogP contribution in [0, 0.1) is 0 Å². The van der Waals surface area contributed by atoms with E-state index < -0.39 is 0 Å². The minimum absolute atomic E-state index is 0.0395. The fourth-order valence-electron chi connectivity index (χ4n) is 3.50. The number of likely N-dealkylation sites (tertiary alicyclic amines) is 1. The van der Waals surface area contributed by atoms with Gasteiger partial charge in [-0.25, -0.2) is 0 Å². The lowest BCUT2D eigenvalue weighted by atomic mass is 9.94. The van der Waals surface area contributed by atoms with Gasteiger partial charge in [-0.2, -0.15) is 0 Å². The molecule has 30 heavy (non-hydrogen) atoms. The first-order valence-corrected chi connectivity index (χ1v) is 9.57. The minimum Gasteiger partial charge on any atom is -0.493 e. The topological polar surface area (TPSA) is 57.2 Å². The summed E-state index contributed by atoms with van der Waals surface area (Å²) in [6.07, 6.45) is 3.81. The quantitative estimate of drug-likeness (QED) is 0.678. The molecule has 0 amide bonds. The van der Waals surface area contributed by atoms with E-state index in [2.05, 4.69) is 4.90 Å². The fourth-order valence-corrected chi connectivity index (χ4v) is 3.50. The maximum atomic E-state index is 13.2. The van der Waals surface area contributed by atoms with Gasteiger partial charge in [-0.05, 0) is 54.6 Å². The van der Waals surface area contributed by atoms with Gasteiger partial charge in [0, 0.05) is 24.2 Å². The normalized spacial score (nSPS) is 17.3. The molecule has 0 unspecified atom stereocenters. The van der Waals surface area contributed by atoms with E-state index in [9.17, 15) is 4.79 Å². The van der Waals surface area contributed by atoms with Crippen molar-refractivity contribution in [3.8, 4) is 23.0 Å². The number of Topliss-reactive ketones (excluding diaryl/α,β-unsaturated/α-hetero) is 1. The van der Waals surface area contributed by atoms with E-state index in [0.717, 1.165) is 22.3 Å². The Kier molecular flexibility index (Phi) is 6.79. The van der Waals surface area contributed by atoms with Crippen molar-refractivity contribution in [3.63, 3.8) is 0 Å². The van der Waals surface area contributed by atoms with Gasteiger partial charge >= 0.3 is 0 Å². The number of nitrogens with zero attached hydrogens (tertiary/aromatic N) is 1. The molecule has 2 aromatic carbocycles. The van der Waals surface area contributed by atoms with E-state index in [-0.39, 0.29) is 5.78 Å². The molecule has 0 saturated carbocycles. The average Bonchev–Trinajstić information content (AvgIpc) is 2.76. The Morgan fingerprint density at radius 3 is 1.47 bits per heavy atom. The molecule has 1 aliphatic rings. The van der Waals surface area contributed by atoms with Crippen molar-refractivity contribution < 1.29 is 23.7 Å². The van der Waals surface area contributed by atoms with Crippen molar-refractivity contribution in [2.24, 2.45) is 0 Å². The lowest BCUT2D eigenvalue weighted by molar-refractivity contribution is -0.113. The Balaban J connectivity index is 1.93. The summed E-state index contributed by atoms with van der Waals surface area (Å²) in [6, 6.07) is 11.2. The van der Waals surface area contributed by atoms with Gasteiger partial charge in [0.15, 0.2) is 28.8 Å². The lowest BCUT2D eigenvalue weighted by Gasteiger charge is -2.26. The Hall–Kier alpha value is -3.25. The maximum Gasteiger partial charge on any atom is 0.187 e. The molecule has 1 heterocycles. The molecule has 158 valence electrons. The van der Waals surface area contributed by atoms with Crippen molar-refractivity contribution in [1.82, 2.24) is 4.90 Å². The molecule has 0 aromatic heterocycles. The van der Waals surface area contributed by atoms with Crippen LogP contribution in [0.25, 0.3) is 12.2 Å². The highest BCUT2D eigenvalue weighted by atomic mass is 16.5. The Labute approximate surface area is 177 Å². The summed E-state index contributed by atoms with van der Waals surface area (Å²) < 4.78 is 21.3. The van der Waals surface area contributed by atoms with Crippen molar-refractivity contribution in [2.45, 2.75) is 0 Å². The van der Waals surface area contributed by atoms with Gasteiger partial charge in [0.05, 0.1) is 28.4 Å². The molecule has 0 bridgehead atoms. The predicted octanol–water partition coefficient (Wildman–Crippen LogP) is 3.70. The van der Waals surface area contributed by atoms with Crippen molar-refractivity contribution in [3.05, 3.63) is 58.7 Å². The van der Waals surface area contributed by atoms with Gasteiger partial charge in [-0.15, -0.1) is 0 Å². The second-order valence-corrected chi connectivity index (χ2v) is 7.07. The van der Waals surface area contributed by atoms with Gasteiger partial charge in [-0.3, -0.25) is 9.69 Å². The zero-order valence-corrected chi connectivity index (χ0v) is 18.0. The van der Waals surface area contributed by atoms with Crippen LogP contribution in [-0.4, -0.2) is 59.3 Å². The third kappa shape index (κ3) is 4.66. The largest absolute Gasteiger partial charge is 0.493 e. The highest BCUT2D eigenvalue weighted by molar-refractivity contribution is 6.14. The maximum absolute atomic E-state index is 13.2. The van der Waals surface area contributed by atoms with Gasteiger partial charge in [0.25, 0.3) is 0 Å². The molecular formula is C24H27NO5. The van der Waals surface area contributed by atoms with E-state index in [1.807, 2.05) is 55.6 Å². The summed E-state index contributed by atoms with van der Waals surface area (Å²) in [5, 5.41) is 0. The number of piperidine rings is 1. The third-order valence-electron chi connectivity index (χ3n) is 4.96. The van der Waals surface area contributed by atoms with Gasteiger partial charge in [-0.1, -0.05) is 12.1 Å². The first-order chi connectivity index (χ1) is 14.5. The molecule has 0 N–H and O–H groups in total. The van der Waals surface area contributed by atoms with Gasteiger partial charge < -0.3 is 18.9 Å². The highest BCUT2D eigenvalue weighted by Crippen LogP contribution is 2.31. The van der Waals surface area contributed by atoms with Crippen molar-refractivity contribution in [1.29, 1.82) is 0 Å². The van der Waals surface area contributed by atoms with Gasteiger partial charge in [0.2, 0.25) is 0 Å². The highest BCUT2D eigenvalue weighted by Gasteiger charge is 2.24. The fraction of sp³-hybridized carbons (Fsp3) is 0.292. The van der Waals surface area contributed by atoms with Crippen LogP contribution in [0.4, 0.5) is 0 Å². The predicted molar refractivity (Wildman–Crippen MR) is 118 cm³/mol. The summed E-state index contributed by atoms with van der Waals surface area (Å²) in [5.74, 6) is 2.60. The molecule has 6 nitrogen and oxygen atoms in total. The van der Waals surface area contributed by atoms with Crippen LogP contribution in [0.1, 0.15) is 11.1 Å². The standard InChI is InChI=1S/C24H27NO5/c1-25-14-18(10-16-6-8-20(27-2)22(12-16)29-4)24(26)19(15-25)11-17-7-9-21(28-3)23(13-17)30-5/h6-13H,14-15H2,1-5H3/b18-10-,19-11-. The van der Waals surface area contributed by atoms with Crippen LogP contribution in [-0.2, 0) is 4.79 Å². The van der Waals surface area contributed by atoms with Crippen molar-refractivity contribution >= 4 is 17.9 Å². The number of ether oxygens (including phenoxy) is 4. The first kappa shape index (κ1) is 21.5. The first-order valence-electron chi connectivity index (χ1n) is 9.57. The second kappa shape index (κ2) is 9.50.